The van der Waals surface area contributed by atoms with Crippen LogP contribution in [0.25, 0.3) is 0 Å². The standard InChI is InChI=1S/C15H27N7S/c1-12-18-14-13(4-3-6-22(14)20-12)19-15(16-2)17-5-7-21-8-10-23-11-9-21/h13H,3-11H2,1-2H3,(H2,16,17,19). The van der Waals surface area contributed by atoms with Gasteiger partial charge in [0.1, 0.15) is 11.6 Å². The van der Waals surface area contributed by atoms with Gasteiger partial charge in [0.15, 0.2) is 5.96 Å². The third-order valence-corrected chi connectivity index (χ3v) is 5.28. The van der Waals surface area contributed by atoms with Gasteiger partial charge in [-0.2, -0.15) is 16.9 Å². The summed E-state index contributed by atoms with van der Waals surface area (Å²) in [5, 5.41) is 11.4. The average Bonchev–Trinajstić information content (AvgIpc) is 2.96. The quantitative estimate of drug-likeness (QED) is 0.620. The molecule has 0 amide bonds. The molecule has 0 aromatic carbocycles. The number of aryl methyl sites for hydroxylation is 2. The highest BCUT2D eigenvalue weighted by Crippen LogP contribution is 2.22. The van der Waals surface area contributed by atoms with Crippen LogP contribution in [0.1, 0.15) is 30.5 Å². The minimum atomic E-state index is 0.197. The summed E-state index contributed by atoms with van der Waals surface area (Å²) in [4.78, 5) is 11.4. The van der Waals surface area contributed by atoms with Crippen LogP contribution in [-0.4, -0.2) is 70.4 Å². The molecule has 0 aliphatic carbocycles. The number of nitrogens with zero attached hydrogens (tertiary/aromatic N) is 5. The van der Waals surface area contributed by atoms with Gasteiger partial charge in [0.25, 0.3) is 0 Å². The number of fused-ring (bicyclic) bond motifs is 1. The maximum absolute atomic E-state index is 4.57. The highest BCUT2D eigenvalue weighted by molar-refractivity contribution is 7.99. The molecule has 1 aromatic heterocycles. The van der Waals surface area contributed by atoms with Gasteiger partial charge in [-0.25, -0.2) is 9.67 Å². The van der Waals surface area contributed by atoms with Crippen LogP contribution in [0.4, 0.5) is 0 Å². The Hall–Kier alpha value is -1.28. The Balaban J connectivity index is 1.50. The molecule has 23 heavy (non-hydrogen) atoms. The van der Waals surface area contributed by atoms with Crippen LogP contribution >= 0.6 is 11.8 Å². The minimum Gasteiger partial charge on any atom is -0.355 e. The molecule has 3 heterocycles. The molecule has 8 heteroatoms. The molecule has 0 radical (unpaired) electrons. The van der Waals surface area contributed by atoms with Crippen molar-refractivity contribution in [2.45, 2.75) is 32.4 Å². The molecule has 0 spiro atoms. The van der Waals surface area contributed by atoms with Crippen molar-refractivity contribution < 1.29 is 0 Å². The van der Waals surface area contributed by atoms with Crippen LogP contribution in [0, 0.1) is 6.92 Å². The monoisotopic (exact) mass is 337 g/mol. The van der Waals surface area contributed by atoms with Gasteiger partial charge in [0.2, 0.25) is 0 Å². The Kier molecular flexibility index (Phi) is 5.77. The van der Waals surface area contributed by atoms with E-state index in [1.807, 2.05) is 30.4 Å². The van der Waals surface area contributed by atoms with E-state index >= 15 is 0 Å². The average molecular weight is 337 g/mol. The molecule has 1 saturated heterocycles. The van der Waals surface area contributed by atoms with Crippen molar-refractivity contribution in [2.75, 3.05) is 44.7 Å². The second-order valence-electron chi connectivity index (χ2n) is 6.03. The van der Waals surface area contributed by atoms with Gasteiger partial charge in [0, 0.05) is 51.3 Å². The number of nitrogens with one attached hydrogen (secondary N) is 2. The summed E-state index contributed by atoms with van der Waals surface area (Å²) >= 11 is 2.05. The summed E-state index contributed by atoms with van der Waals surface area (Å²) in [6.45, 7) is 7.30. The molecule has 0 saturated carbocycles. The van der Waals surface area contributed by atoms with Gasteiger partial charge in [-0.15, -0.1) is 0 Å². The van der Waals surface area contributed by atoms with Crippen LogP contribution < -0.4 is 10.6 Å². The molecular weight excluding hydrogens is 310 g/mol. The lowest BCUT2D eigenvalue weighted by Crippen LogP contribution is -2.45. The highest BCUT2D eigenvalue weighted by atomic mass is 32.2. The first-order valence-corrected chi connectivity index (χ1v) is 9.60. The zero-order valence-corrected chi connectivity index (χ0v) is 14.9. The zero-order valence-electron chi connectivity index (χ0n) is 14.1. The zero-order chi connectivity index (χ0) is 16.1. The van der Waals surface area contributed by atoms with Crippen molar-refractivity contribution in [3.8, 4) is 0 Å². The van der Waals surface area contributed by atoms with E-state index in [2.05, 4.69) is 30.6 Å². The Labute approximate surface area is 142 Å². The molecule has 2 aliphatic heterocycles. The second kappa shape index (κ2) is 8.01. The van der Waals surface area contributed by atoms with Crippen molar-refractivity contribution in [1.29, 1.82) is 0 Å². The molecule has 1 aromatic rings. The number of thioether (sulfide) groups is 1. The van der Waals surface area contributed by atoms with Gasteiger partial charge < -0.3 is 10.6 Å². The van der Waals surface area contributed by atoms with Crippen molar-refractivity contribution in [1.82, 2.24) is 30.3 Å². The molecule has 1 fully saturated rings. The molecule has 3 rings (SSSR count). The predicted molar refractivity (Wildman–Crippen MR) is 95.0 cm³/mol. The van der Waals surface area contributed by atoms with Crippen molar-refractivity contribution in [3.63, 3.8) is 0 Å². The van der Waals surface area contributed by atoms with Crippen molar-refractivity contribution >= 4 is 17.7 Å². The van der Waals surface area contributed by atoms with Crippen LogP contribution in [0.2, 0.25) is 0 Å². The number of guanidine groups is 1. The predicted octanol–water partition coefficient (Wildman–Crippen LogP) is 0.635. The van der Waals surface area contributed by atoms with Crippen LogP contribution in [-0.2, 0) is 6.54 Å². The SMILES string of the molecule is CN=C(NCCN1CCSCC1)NC1CCCn2nc(C)nc21. The second-order valence-corrected chi connectivity index (χ2v) is 7.26. The first kappa shape index (κ1) is 16.6. The number of hydrogen-bond acceptors (Lipinski definition) is 5. The molecule has 7 nitrogen and oxygen atoms in total. The Bertz CT molecular complexity index is 536. The summed E-state index contributed by atoms with van der Waals surface area (Å²) in [5.41, 5.74) is 0. The fourth-order valence-electron chi connectivity index (χ4n) is 3.12. The van der Waals surface area contributed by atoms with E-state index in [1.165, 1.54) is 24.6 Å². The van der Waals surface area contributed by atoms with Gasteiger partial charge >= 0.3 is 0 Å². The van der Waals surface area contributed by atoms with Gasteiger partial charge in [0.05, 0.1) is 6.04 Å². The fourth-order valence-corrected chi connectivity index (χ4v) is 4.10. The molecule has 1 unspecified atom stereocenters. The molecule has 128 valence electrons. The number of aromatic nitrogens is 3. The third kappa shape index (κ3) is 4.38. The maximum Gasteiger partial charge on any atom is 0.191 e. The van der Waals surface area contributed by atoms with Crippen LogP contribution in [0.3, 0.4) is 0 Å². The first-order chi connectivity index (χ1) is 11.3. The summed E-state index contributed by atoms with van der Waals surface area (Å²) < 4.78 is 2.02. The van der Waals surface area contributed by atoms with Gasteiger partial charge in [-0.1, -0.05) is 0 Å². The Morgan fingerprint density at radius 2 is 2.17 bits per heavy atom. The maximum atomic E-state index is 4.57. The lowest BCUT2D eigenvalue weighted by Gasteiger charge is -2.27. The molecule has 1 atom stereocenters. The largest absolute Gasteiger partial charge is 0.355 e. The van der Waals surface area contributed by atoms with Gasteiger partial charge in [-0.3, -0.25) is 9.89 Å². The molecule has 2 N–H and O–H groups in total. The topological polar surface area (TPSA) is 70.4 Å². The van der Waals surface area contributed by atoms with E-state index < -0.39 is 0 Å². The highest BCUT2D eigenvalue weighted by Gasteiger charge is 2.24. The lowest BCUT2D eigenvalue weighted by atomic mass is 10.1. The molecule has 2 aliphatic rings. The summed E-state index contributed by atoms with van der Waals surface area (Å²) in [6, 6.07) is 0.197. The van der Waals surface area contributed by atoms with Crippen molar-refractivity contribution in [2.24, 2.45) is 4.99 Å². The molecular formula is C15H27N7S. The van der Waals surface area contributed by atoms with E-state index in [0.717, 1.165) is 50.1 Å². The van der Waals surface area contributed by atoms with E-state index in [1.54, 1.807) is 0 Å². The summed E-state index contributed by atoms with van der Waals surface area (Å²) in [6.07, 6.45) is 2.19. The smallest absolute Gasteiger partial charge is 0.191 e. The van der Waals surface area contributed by atoms with Gasteiger partial charge in [-0.05, 0) is 19.8 Å². The third-order valence-electron chi connectivity index (χ3n) is 4.34. The van der Waals surface area contributed by atoms with Crippen LogP contribution in [0.5, 0.6) is 0 Å². The summed E-state index contributed by atoms with van der Waals surface area (Å²) in [5.74, 6) is 5.24. The first-order valence-electron chi connectivity index (χ1n) is 8.45. The van der Waals surface area contributed by atoms with Crippen molar-refractivity contribution in [3.05, 3.63) is 11.6 Å². The van der Waals surface area contributed by atoms with E-state index in [-0.39, 0.29) is 6.04 Å². The number of hydrogen-bond donors (Lipinski definition) is 2. The Morgan fingerprint density at radius 3 is 2.96 bits per heavy atom. The van der Waals surface area contributed by atoms with Crippen LogP contribution in [0.15, 0.2) is 4.99 Å². The van der Waals surface area contributed by atoms with E-state index in [4.69, 9.17) is 0 Å². The Morgan fingerprint density at radius 1 is 1.35 bits per heavy atom. The summed E-state index contributed by atoms with van der Waals surface area (Å²) in [7, 11) is 1.83. The number of aliphatic imine (C=N–C) groups is 1. The molecule has 0 bridgehead atoms. The van der Waals surface area contributed by atoms with E-state index in [9.17, 15) is 0 Å². The number of rotatable bonds is 4. The normalized spacial score (nSPS) is 22.7. The fraction of sp³-hybridized carbons (Fsp3) is 0.800. The lowest BCUT2D eigenvalue weighted by molar-refractivity contribution is 0.306. The minimum absolute atomic E-state index is 0.197. The van der Waals surface area contributed by atoms with E-state index in [0.29, 0.717) is 0 Å².